The predicted octanol–water partition coefficient (Wildman–Crippen LogP) is 1.62. The van der Waals surface area contributed by atoms with Crippen LogP contribution in [0.15, 0.2) is 11.4 Å². The highest BCUT2D eigenvalue weighted by molar-refractivity contribution is 7.14. The van der Waals surface area contributed by atoms with Crippen molar-refractivity contribution in [3.05, 3.63) is 17.0 Å². The van der Waals surface area contributed by atoms with Gasteiger partial charge in [-0.25, -0.2) is 0 Å². The molecule has 1 amide bonds. The molecule has 1 aliphatic rings. The number of hydrogen-bond acceptors (Lipinski definition) is 5. The summed E-state index contributed by atoms with van der Waals surface area (Å²) in [5, 5.41) is 14.2. The maximum Gasteiger partial charge on any atom is 0.239 e. The van der Waals surface area contributed by atoms with Crippen molar-refractivity contribution in [2.45, 2.75) is 25.8 Å². The molecule has 108 valence electrons. The Morgan fingerprint density at radius 1 is 1.65 bits per heavy atom. The summed E-state index contributed by atoms with van der Waals surface area (Å²) in [6, 6.07) is 4.02. The van der Waals surface area contributed by atoms with Gasteiger partial charge in [0.2, 0.25) is 5.91 Å². The van der Waals surface area contributed by atoms with E-state index < -0.39 is 0 Å². The van der Waals surface area contributed by atoms with Crippen LogP contribution in [0.1, 0.15) is 25.3 Å². The number of nitrogens with zero attached hydrogens (tertiary/aromatic N) is 2. The average molecular weight is 292 g/mol. The lowest BCUT2D eigenvalue weighted by Crippen LogP contribution is -2.42. The van der Waals surface area contributed by atoms with Gasteiger partial charge in [-0.1, -0.05) is 0 Å². The molecule has 6 heteroatoms. The summed E-state index contributed by atoms with van der Waals surface area (Å²) in [6.45, 7) is 4.26. The summed E-state index contributed by atoms with van der Waals surface area (Å²) in [7, 11) is 0. The molecular formula is C14H20N4OS. The van der Waals surface area contributed by atoms with E-state index in [1.54, 1.807) is 6.07 Å². The van der Waals surface area contributed by atoms with E-state index in [4.69, 9.17) is 11.0 Å². The van der Waals surface area contributed by atoms with Crippen LogP contribution in [0.5, 0.6) is 0 Å². The van der Waals surface area contributed by atoms with Crippen LogP contribution >= 0.6 is 11.3 Å². The Morgan fingerprint density at radius 2 is 2.35 bits per heavy atom. The molecule has 0 radical (unpaired) electrons. The standard InChI is InChI=1S/C14H20N4OS/c1-10(16)11-2-5-18(6-3-11)9-13(19)17-14-12(8-15)4-7-20-14/h4,7,10-11H,2-3,5-6,9,16H2,1H3,(H,17,19). The Balaban J connectivity index is 1.80. The topological polar surface area (TPSA) is 82.2 Å². The van der Waals surface area contributed by atoms with E-state index >= 15 is 0 Å². The fourth-order valence-electron chi connectivity index (χ4n) is 2.50. The van der Waals surface area contributed by atoms with Gasteiger partial charge in [-0.15, -0.1) is 11.3 Å². The SMILES string of the molecule is CC(N)C1CCN(CC(=O)Nc2sccc2C#N)CC1. The van der Waals surface area contributed by atoms with Crippen molar-refractivity contribution in [1.82, 2.24) is 4.90 Å². The Morgan fingerprint density at radius 3 is 2.95 bits per heavy atom. The van der Waals surface area contributed by atoms with E-state index in [1.165, 1.54) is 11.3 Å². The number of hydrogen-bond donors (Lipinski definition) is 2. The minimum atomic E-state index is -0.0526. The van der Waals surface area contributed by atoms with Crippen molar-refractivity contribution in [2.24, 2.45) is 11.7 Å². The summed E-state index contributed by atoms with van der Waals surface area (Å²) >= 11 is 1.38. The number of anilines is 1. The number of nitrogens with two attached hydrogens (primary N) is 1. The van der Waals surface area contributed by atoms with E-state index in [0.29, 0.717) is 23.0 Å². The second-order valence-electron chi connectivity index (χ2n) is 5.30. The van der Waals surface area contributed by atoms with Crippen LogP contribution in [-0.4, -0.2) is 36.5 Å². The fraction of sp³-hybridized carbons (Fsp3) is 0.571. The van der Waals surface area contributed by atoms with Crippen LogP contribution in [0.3, 0.4) is 0 Å². The molecule has 0 bridgehead atoms. The van der Waals surface area contributed by atoms with Crippen LogP contribution in [0.2, 0.25) is 0 Å². The van der Waals surface area contributed by atoms with Crippen molar-refractivity contribution in [3.63, 3.8) is 0 Å². The van der Waals surface area contributed by atoms with Crippen LogP contribution in [0.4, 0.5) is 5.00 Å². The minimum absolute atomic E-state index is 0.0526. The van der Waals surface area contributed by atoms with E-state index in [0.717, 1.165) is 25.9 Å². The highest BCUT2D eigenvalue weighted by Crippen LogP contribution is 2.23. The number of nitriles is 1. The van der Waals surface area contributed by atoms with Gasteiger partial charge in [0, 0.05) is 6.04 Å². The zero-order valence-electron chi connectivity index (χ0n) is 11.6. The van der Waals surface area contributed by atoms with Gasteiger partial charge in [0.25, 0.3) is 0 Å². The van der Waals surface area contributed by atoms with Crippen molar-refractivity contribution < 1.29 is 4.79 Å². The number of amides is 1. The number of thiophene rings is 1. The molecule has 5 nitrogen and oxygen atoms in total. The van der Waals surface area contributed by atoms with Gasteiger partial charge in [-0.2, -0.15) is 5.26 Å². The first-order valence-electron chi connectivity index (χ1n) is 6.85. The second-order valence-corrected chi connectivity index (χ2v) is 6.21. The molecule has 1 aromatic rings. The van der Waals surface area contributed by atoms with E-state index in [2.05, 4.69) is 16.3 Å². The van der Waals surface area contributed by atoms with Gasteiger partial charge >= 0.3 is 0 Å². The fourth-order valence-corrected chi connectivity index (χ4v) is 3.25. The van der Waals surface area contributed by atoms with E-state index in [9.17, 15) is 4.79 Å². The Kier molecular flexibility index (Phi) is 5.12. The molecule has 1 unspecified atom stereocenters. The number of nitrogens with one attached hydrogen (secondary N) is 1. The number of carbonyl (C=O) groups excluding carboxylic acids is 1. The first-order valence-corrected chi connectivity index (χ1v) is 7.73. The highest BCUT2D eigenvalue weighted by Gasteiger charge is 2.23. The summed E-state index contributed by atoms with van der Waals surface area (Å²) < 4.78 is 0. The Bertz CT molecular complexity index is 498. The molecule has 0 spiro atoms. The predicted molar refractivity (Wildman–Crippen MR) is 80.5 cm³/mol. The minimum Gasteiger partial charge on any atom is -0.328 e. The van der Waals surface area contributed by atoms with Gasteiger partial charge in [-0.3, -0.25) is 9.69 Å². The summed E-state index contributed by atoms with van der Waals surface area (Å²) in [5.41, 5.74) is 6.44. The van der Waals surface area contributed by atoms with Gasteiger partial charge in [-0.05, 0) is 50.2 Å². The summed E-state index contributed by atoms with van der Waals surface area (Å²) in [6.07, 6.45) is 2.10. The lowest BCUT2D eigenvalue weighted by molar-refractivity contribution is -0.117. The molecule has 1 aliphatic heterocycles. The van der Waals surface area contributed by atoms with Crippen molar-refractivity contribution >= 4 is 22.2 Å². The lowest BCUT2D eigenvalue weighted by Gasteiger charge is -2.33. The summed E-state index contributed by atoms with van der Waals surface area (Å²) in [5.74, 6) is 0.514. The van der Waals surface area contributed by atoms with Gasteiger partial charge in [0.1, 0.15) is 11.1 Å². The molecule has 20 heavy (non-hydrogen) atoms. The second kappa shape index (κ2) is 6.84. The largest absolute Gasteiger partial charge is 0.328 e. The number of carbonyl (C=O) groups is 1. The first-order chi connectivity index (χ1) is 9.60. The molecule has 1 saturated heterocycles. The maximum absolute atomic E-state index is 12.0. The molecular weight excluding hydrogens is 272 g/mol. The quantitative estimate of drug-likeness (QED) is 0.883. The van der Waals surface area contributed by atoms with E-state index in [1.807, 2.05) is 12.3 Å². The molecule has 0 aliphatic carbocycles. The van der Waals surface area contributed by atoms with Gasteiger partial charge in [0.15, 0.2) is 0 Å². The Hall–Kier alpha value is -1.42. The third-order valence-electron chi connectivity index (χ3n) is 3.78. The monoisotopic (exact) mass is 292 g/mol. The molecule has 0 aromatic carbocycles. The van der Waals surface area contributed by atoms with Gasteiger partial charge < -0.3 is 11.1 Å². The normalized spacial score (nSPS) is 18.4. The zero-order chi connectivity index (χ0) is 14.5. The molecule has 2 rings (SSSR count). The number of likely N-dealkylation sites (tertiary alicyclic amines) is 1. The average Bonchev–Trinajstić information content (AvgIpc) is 2.86. The maximum atomic E-state index is 12.0. The van der Waals surface area contributed by atoms with Crippen LogP contribution in [0.25, 0.3) is 0 Å². The Labute approximate surface area is 123 Å². The molecule has 2 heterocycles. The highest BCUT2D eigenvalue weighted by atomic mass is 32.1. The van der Waals surface area contributed by atoms with Crippen molar-refractivity contribution in [2.75, 3.05) is 25.0 Å². The third-order valence-corrected chi connectivity index (χ3v) is 4.61. The zero-order valence-corrected chi connectivity index (χ0v) is 12.4. The summed E-state index contributed by atoms with van der Waals surface area (Å²) in [4.78, 5) is 14.1. The van der Waals surface area contributed by atoms with E-state index in [-0.39, 0.29) is 11.9 Å². The van der Waals surface area contributed by atoms with Crippen LogP contribution in [0, 0.1) is 17.2 Å². The van der Waals surface area contributed by atoms with Gasteiger partial charge in [0.05, 0.1) is 12.1 Å². The molecule has 0 saturated carbocycles. The molecule has 1 aromatic heterocycles. The number of rotatable bonds is 4. The van der Waals surface area contributed by atoms with Crippen molar-refractivity contribution in [1.29, 1.82) is 5.26 Å². The third kappa shape index (κ3) is 3.79. The molecule has 1 fully saturated rings. The molecule has 1 atom stereocenters. The number of piperidine rings is 1. The molecule has 3 N–H and O–H groups in total. The lowest BCUT2D eigenvalue weighted by atomic mass is 9.91. The van der Waals surface area contributed by atoms with Crippen molar-refractivity contribution in [3.8, 4) is 6.07 Å². The van der Waals surface area contributed by atoms with Crippen LogP contribution < -0.4 is 11.1 Å². The van der Waals surface area contributed by atoms with Crippen LogP contribution in [-0.2, 0) is 4.79 Å². The smallest absolute Gasteiger partial charge is 0.239 e. The first kappa shape index (κ1) is 15.0.